The maximum Gasteiger partial charge on any atom is 0.257 e. The van der Waals surface area contributed by atoms with Gasteiger partial charge in [-0.25, -0.2) is 8.42 Å². The number of sulfonamides is 1. The predicted molar refractivity (Wildman–Crippen MR) is 67.8 cm³/mol. The van der Waals surface area contributed by atoms with Gasteiger partial charge in [0, 0.05) is 0 Å². The Bertz CT molecular complexity index is 465. The smallest absolute Gasteiger partial charge is 0.204 e. The van der Waals surface area contributed by atoms with E-state index in [-0.39, 0.29) is 5.75 Å². The zero-order valence-corrected chi connectivity index (χ0v) is 11.1. The third-order valence-electron chi connectivity index (χ3n) is 1.55. The maximum absolute atomic E-state index is 11.5. The number of rotatable bonds is 3. The molecular formula is C9H8Cl3NO2S. The number of benzene rings is 1. The lowest BCUT2D eigenvalue weighted by Gasteiger charge is -2.02. The monoisotopic (exact) mass is 299 g/mol. The van der Waals surface area contributed by atoms with Crippen LogP contribution in [0.2, 0.25) is 0 Å². The van der Waals surface area contributed by atoms with Crippen LogP contribution in [0.25, 0.3) is 0 Å². The summed E-state index contributed by atoms with van der Waals surface area (Å²) in [4.78, 5) is 0. The van der Waals surface area contributed by atoms with E-state index >= 15 is 0 Å². The summed E-state index contributed by atoms with van der Waals surface area (Å²) >= 11 is 16.1. The first-order valence-electron chi connectivity index (χ1n) is 4.18. The van der Waals surface area contributed by atoms with Gasteiger partial charge in [0.05, 0.1) is 12.0 Å². The molecule has 3 nitrogen and oxygen atoms in total. The van der Waals surface area contributed by atoms with E-state index in [2.05, 4.69) is 4.40 Å². The van der Waals surface area contributed by atoms with Crippen molar-refractivity contribution in [1.29, 1.82) is 0 Å². The molecule has 0 atom stereocenters. The van der Waals surface area contributed by atoms with Crippen LogP contribution in [0.3, 0.4) is 0 Å². The SMILES string of the molecule is O=S(=O)(Cc1ccccc1)N=CC(Cl)(Cl)Cl. The molecule has 0 saturated carbocycles. The van der Waals surface area contributed by atoms with Crippen molar-refractivity contribution in [3.63, 3.8) is 0 Å². The molecule has 0 bridgehead atoms. The summed E-state index contributed by atoms with van der Waals surface area (Å²) in [6.07, 6.45) is 0.774. The third kappa shape index (κ3) is 5.70. The van der Waals surface area contributed by atoms with Gasteiger partial charge < -0.3 is 0 Å². The minimum absolute atomic E-state index is 0.217. The van der Waals surface area contributed by atoms with E-state index in [4.69, 9.17) is 34.8 Å². The second-order valence-electron chi connectivity index (χ2n) is 2.99. The molecule has 0 aliphatic rings. The Morgan fingerprint density at radius 1 is 1.19 bits per heavy atom. The molecule has 1 aromatic rings. The lowest BCUT2D eigenvalue weighted by molar-refractivity contribution is 0.597. The first kappa shape index (κ1) is 13.8. The molecule has 0 spiro atoms. The molecule has 16 heavy (non-hydrogen) atoms. The Kier molecular flexibility index (Phi) is 4.62. The topological polar surface area (TPSA) is 46.5 Å². The Labute approximate surface area is 109 Å². The average molecular weight is 301 g/mol. The zero-order chi connectivity index (χ0) is 12.2. The summed E-state index contributed by atoms with van der Waals surface area (Å²) in [6.45, 7) is 0. The maximum atomic E-state index is 11.5. The normalized spacial score (nSPS) is 13.2. The molecule has 0 aliphatic carbocycles. The second kappa shape index (κ2) is 5.36. The van der Waals surface area contributed by atoms with Gasteiger partial charge in [-0.3, -0.25) is 0 Å². The molecule has 0 N–H and O–H groups in total. The molecule has 0 amide bonds. The molecular weight excluding hydrogens is 293 g/mol. The summed E-state index contributed by atoms with van der Waals surface area (Å²) in [7, 11) is -3.65. The number of nitrogens with zero attached hydrogens (tertiary/aromatic N) is 1. The molecule has 1 aromatic carbocycles. The number of hydrogen-bond donors (Lipinski definition) is 0. The third-order valence-corrected chi connectivity index (χ3v) is 2.97. The van der Waals surface area contributed by atoms with Gasteiger partial charge in [0.1, 0.15) is 0 Å². The van der Waals surface area contributed by atoms with Gasteiger partial charge in [-0.15, -0.1) is 0 Å². The minimum atomic E-state index is -3.65. The molecule has 0 radical (unpaired) electrons. The average Bonchev–Trinajstić information content (AvgIpc) is 2.15. The second-order valence-corrected chi connectivity index (χ2v) is 7.02. The minimum Gasteiger partial charge on any atom is -0.204 e. The molecule has 7 heteroatoms. The fraction of sp³-hybridized carbons (Fsp3) is 0.222. The molecule has 0 heterocycles. The first-order chi connectivity index (χ1) is 7.29. The van der Waals surface area contributed by atoms with Crippen molar-refractivity contribution in [2.24, 2.45) is 4.40 Å². The fourth-order valence-corrected chi connectivity index (χ4v) is 2.29. The zero-order valence-electron chi connectivity index (χ0n) is 7.98. The van der Waals surface area contributed by atoms with Crippen molar-refractivity contribution in [3.05, 3.63) is 35.9 Å². The molecule has 1 rings (SSSR count). The van der Waals surface area contributed by atoms with Crippen molar-refractivity contribution in [1.82, 2.24) is 0 Å². The molecule has 0 fully saturated rings. The van der Waals surface area contributed by atoms with Crippen LogP contribution in [-0.4, -0.2) is 18.4 Å². The van der Waals surface area contributed by atoms with E-state index in [1.165, 1.54) is 0 Å². The first-order valence-corrected chi connectivity index (χ1v) is 6.93. The number of hydrogen-bond acceptors (Lipinski definition) is 2. The van der Waals surface area contributed by atoms with Gasteiger partial charge in [-0.05, 0) is 5.56 Å². The molecule has 0 saturated heterocycles. The van der Waals surface area contributed by atoms with Crippen molar-refractivity contribution in [3.8, 4) is 0 Å². The Morgan fingerprint density at radius 2 is 1.75 bits per heavy atom. The van der Waals surface area contributed by atoms with Crippen molar-refractivity contribution < 1.29 is 8.42 Å². The van der Waals surface area contributed by atoms with Gasteiger partial charge in [0.25, 0.3) is 10.0 Å². The number of alkyl halides is 3. The molecule has 0 aliphatic heterocycles. The summed E-state index contributed by atoms with van der Waals surface area (Å²) in [5.74, 6) is -0.217. The van der Waals surface area contributed by atoms with Crippen LogP contribution in [-0.2, 0) is 15.8 Å². The Morgan fingerprint density at radius 3 is 2.25 bits per heavy atom. The van der Waals surface area contributed by atoms with E-state index in [9.17, 15) is 8.42 Å². The van der Waals surface area contributed by atoms with Crippen LogP contribution in [0, 0.1) is 0 Å². The highest BCUT2D eigenvalue weighted by Gasteiger charge is 2.18. The molecule has 88 valence electrons. The van der Waals surface area contributed by atoms with E-state index in [1.54, 1.807) is 30.3 Å². The van der Waals surface area contributed by atoms with Crippen LogP contribution >= 0.6 is 34.8 Å². The van der Waals surface area contributed by atoms with Crippen LogP contribution in [0.15, 0.2) is 34.7 Å². The summed E-state index contributed by atoms with van der Waals surface area (Å²) in [5.41, 5.74) is 0.629. The molecule has 0 unspecified atom stereocenters. The van der Waals surface area contributed by atoms with Gasteiger partial charge >= 0.3 is 0 Å². The lowest BCUT2D eigenvalue weighted by atomic mass is 10.2. The largest absolute Gasteiger partial charge is 0.257 e. The van der Waals surface area contributed by atoms with Crippen molar-refractivity contribution in [2.75, 3.05) is 0 Å². The van der Waals surface area contributed by atoms with E-state index in [0.29, 0.717) is 5.56 Å². The van der Waals surface area contributed by atoms with Crippen molar-refractivity contribution >= 4 is 51.0 Å². The highest BCUT2D eigenvalue weighted by molar-refractivity contribution is 7.89. The van der Waals surface area contributed by atoms with Gasteiger partial charge in [0.2, 0.25) is 3.79 Å². The van der Waals surface area contributed by atoms with Crippen LogP contribution in [0.5, 0.6) is 0 Å². The van der Waals surface area contributed by atoms with E-state index < -0.39 is 13.8 Å². The van der Waals surface area contributed by atoms with Crippen LogP contribution in [0.4, 0.5) is 0 Å². The quantitative estimate of drug-likeness (QED) is 0.636. The van der Waals surface area contributed by atoms with Gasteiger partial charge in [-0.1, -0.05) is 65.1 Å². The van der Waals surface area contributed by atoms with Gasteiger partial charge in [-0.2, -0.15) is 4.40 Å². The van der Waals surface area contributed by atoms with E-state index in [0.717, 1.165) is 6.21 Å². The summed E-state index contributed by atoms with van der Waals surface area (Å²) < 4.78 is 24.4. The van der Waals surface area contributed by atoms with E-state index in [1.807, 2.05) is 0 Å². The van der Waals surface area contributed by atoms with Crippen LogP contribution < -0.4 is 0 Å². The summed E-state index contributed by atoms with van der Waals surface area (Å²) in [5, 5.41) is 0. The van der Waals surface area contributed by atoms with Gasteiger partial charge in [0.15, 0.2) is 0 Å². The lowest BCUT2D eigenvalue weighted by Crippen LogP contribution is -2.08. The van der Waals surface area contributed by atoms with Crippen LogP contribution in [0.1, 0.15) is 5.56 Å². The highest BCUT2D eigenvalue weighted by atomic mass is 35.6. The Hall–Kier alpha value is -0.290. The highest BCUT2D eigenvalue weighted by Crippen LogP contribution is 2.23. The predicted octanol–water partition coefficient (Wildman–Crippen LogP) is 2.96. The fourth-order valence-electron chi connectivity index (χ4n) is 0.962. The molecule has 0 aromatic heterocycles. The summed E-state index contributed by atoms with van der Waals surface area (Å²) in [6, 6.07) is 8.64. The van der Waals surface area contributed by atoms with Crippen molar-refractivity contribution in [2.45, 2.75) is 9.55 Å². The standard InChI is InChI=1S/C9H8Cl3NO2S/c10-9(11,12)7-13-16(14,15)6-8-4-2-1-3-5-8/h1-5,7H,6H2. The Balaban J connectivity index is 2.78. The number of halogens is 3.